The quantitative estimate of drug-likeness (QED) is 0.789. The van der Waals surface area contributed by atoms with Gasteiger partial charge in [-0.3, -0.25) is 0 Å². The summed E-state index contributed by atoms with van der Waals surface area (Å²) in [4.78, 5) is 13.2. The van der Waals surface area contributed by atoms with E-state index in [9.17, 15) is 0 Å². The van der Waals surface area contributed by atoms with Gasteiger partial charge in [0, 0.05) is 24.6 Å². The Labute approximate surface area is 116 Å². The number of rotatable bonds is 3. The SMILES string of the molecule is Cc1cc(-c2ccc3nc(C)oc3c2)nc(CCN)n1. The van der Waals surface area contributed by atoms with Gasteiger partial charge in [-0.1, -0.05) is 6.07 Å². The maximum absolute atomic E-state index is 5.57. The van der Waals surface area contributed by atoms with Crippen molar-refractivity contribution in [3.8, 4) is 11.3 Å². The second kappa shape index (κ2) is 5.02. The molecule has 0 bridgehead atoms. The Balaban J connectivity index is 2.09. The maximum atomic E-state index is 5.57. The Bertz CT molecular complexity index is 764. The average Bonchev–Trinajstić information content (AvgIpc) is 2.77. The van der Waals surface area contributed by atoms with E-state index >= 15 is 0 Å². The number of hydrogen-bond acceptors (Lipinski definition) is 5. The molecule has 20 heavy (non-hydrogen) atoms. The highest BCUT2D eigenvalue weighted by Crippen LogP contribution is 2.24. The van der Waals surface area contributed by atoms with E-state index in [1.807, 2.05) is 38.1 Å². The van der Waals surface area contributed by atoms with Crippen LogP contribution in [0.25, 0.3) is 22.4 Å². The number of oxazole rings is 1. The summed E-state index contributed by atoms with van der Waals surface area (Å²) in [7, 11) is 0. The number of hydrogen-bond donors (Lipinski definition) is 1. The van der Waals surface area contributed by atoms with Gasteiger partial charge in [-0.25, -0.2) is 15.0 Å². The van der Waals surface area contributed by atoms with Crippen LogP contribution in [0.3, 0.4) is 0 Å². The number of benzene rings is 1. The second-order valence-corrected chi connectivity index (χ2v) is 4.76. The smallest absolute Gasteiger partial charge is 0.192 e. The van der Waals surface area contributed by atoms with Crippen LogP contribution < -0.4 is 5.73 Å². The van der Waals surface area contributed by atoms with E-state index in [0.29, 0.717) is 18.9 Å². The first-order valence-electron chi connectivity index (χ1n) is 6.58. The summed E-state index contributed by atoms with van der Waals surface area (Å²) in [6.07, 6.45) is 0.679. The lowest BCUT2D eigenvalue weighted by molar-refractivity contribution is 0.561. The summed E-state index contributed by atoms with van der Waals surface area (Å²) >= 11 is 0. The Morgan fingerprint density at radius 2 is 1.95 bits per heavy atom. The van der Waals surface area contributed by atoms with Gasteiger partial charge in [0.05, 0.1) is 5.69 Å². The van der Waals surface area contributed by atoms with Crippen molar-refractivity contribution >= 4 is 11.1 Å². The predicted molar refractivity (Wildman–Crippen MR) is 77.3 cm³/mol. The Hall–Kier alpha value is -2.27. The highest BCUT2D eigenvalue weighted by atomic mass is 16.3. The van der Waals surface area contributed by atoms with Crippen molar-refractivity contribution < 1.29 is 4.42 Å². The molecule has 0 saturated heterocycles. The molecular weight excluding hydrogens is 252 g/mol. The van der Waals surface area contributed by atoms with Crippen molar-refractivity contribution in [1.29, 1.82) is 0 Å². The second-order valence-electron chi connectivity index (χ2n) is 4.76. The highest BCUT2D eigenvalue weighted by molar-refractivity contribution is 5.79. The van der Waals surface area contributed by atoms with Crippen LogP contribution in [0.4, 0.5) is 0 Å². The molecule has 0 unspecified atom stereocenters. The summed E-state index contributed by atoms with van der Waals surface area (Å²) in [5, 5.41) is 0. The van der Waals surface area contributed by atoms with E-state index in [1.165, 1.54) is 0 Å². The van der Waals surface area contributed by atoms with Gasteiger partial charge in [-0.05, 0) is 31.7 Å². The lowest BCUT2D eigenvalue weighted by Gasteiger charge is -2.05. The van der Waals surface area contributed by atoms with Crippen LogP contribution in [0.5, 0.6) is 0 Å². The lowest BCUT2D eigenvalue weighted by atomic mass is 10.1. The van der Waals surface area contributed by atoms with Gasteiger partial charge in [-0.2, -0.15) is 0 Å². The molecule has 2 heterocycles. The highest BCUT2D eigenvalue weighted by Gasteiger charge is 2.08. The minimum absolute atomic E-state index is 0.545. The fourth-order valence-electron chi connectivity index (χ4n) is 2.22. The molecule has 5 nitrogen and oxygen atoms in total. The Kier molecular flexibility index (Phi) is 3.20. The molecule has 1 aromatic carbocycles. The van der Waals surface area contributed by atoms with Crippen LogP contribution in [-0.2, 0) is 6.42 Å². The summed E-state index contributed by atoms with van der Waals surface area (Å²) in [6, 6.07) is 7.87. The largest absolute Gasteiger partial charge is 0.441 e. The summed E-state index contributed by atoms with van der Waals surface area (Å²) in [5.41, 5.74) is 10.0. The molecule has 0 spiro atoms. The molecule has 3 rings (SSSR count). The normalized spacial score (nSPS) is 11.2. The molecule has 0 saturated carbocycles. The zero-order chi connectivity index (χ0) is 14.1. The topological polar surface area (TPSA) is 77.8 Å². The third-order valence-corrected chi connectivity index (χ3v) is 3.06. The summed E-state index contributed by atoms with van der Waals surface area (Å²) in [6.45, 7) is 4.35. The Morgan fingerprint density at radius 1 is 1.10 bits per heavy atom. The molecule has 5 heteroatoms. The van der Waals surface area contributed by atoms with Gasteiger partial charge in [0.25, 0.3) is 0 Å². The number of nitrogens with two attached hydrogens (primary N) is 1. The summed E-state index contributed by atoms with van der Waals surface area (Å²) in [5.74, 6) is 1.44. The zero-order valence-electron chi connectivity index (χ0n) is 11.6. The van der Waals surface area contributed by atoms with E-state index in [4.69, 9.17) is 10.2 Å². The molecule has 0 atom stereocenters. The van der Waals surface area contributed by atoms with Crippen LogP contribution in [0.15, 0.2) is 28.7 Å². The molecular formula is C15H16N4O. The van der Waals surface area contributed by atoms with Crippen LogP contribution in [-0.4, -0.2) is 21.5 Å². The molecule has 2 aromatic heterocycles. The van der Waals surface area contributed by atoms with E-state index in [0.717, 1.165) is 33.9 Å². The standard InChI is InChI=1S/C15H16N4O/c1-9-7-13(19-15(17-9)5-6-16)11-3-4-12-14(8-11)20-10(2)18-12/h3-4,7-8H,5-6,16H2,1-2H3. The minimum Gasteiger partial charge on any atom is -0.441 e. The predicted octanol–water partition coefficient (Wildman–Crippen LogP) is 2.40. The number of aromatic nitrogens is 3. The van der Waals surface area contributed by atoms with Gasteiger partial charge in [0.1, 0.15) is 11.3 Å². The molecule has 0 fully saturated rings. The van der Waals surface area contributed by atoms with E-state index in [2.05, 4.69) is 15.0 Å². The first kappa shape index (κ1) is 12.7. The van der Waals surface area contributed by atoms with Gasteiger partial charge in [0.2, 0.25) is 0 Å². The molecule has 0 aliphatic carbocycles. The van der Waals surface area contributed by atoms with Gasteiger partial charge >= 0.3 is 0 Å². The van der Waals surface area contributed by atoms with Crippen molar-refractivity contribution in [2.24, 2.45) is 5.73 Å². The molecule has 102 valence electrons. The van der Waals surface area contributed by atoms with E-state index < -0.39 is 0 Å². The van der Waals surface area contributed by atoms with Crippen molar-refractivity contribution in [2.75, 3.05) is 6.54 Å². The Morgan fingerprint density at radius 3 is 2.75 bits per heavy atom. The zero-order valence-corrected chi connectivity index (χ0v) is 11.6. The number of fused-ring (bicyclic) bond motifs is 1. The molecule has 0 radical (unpaired) electrons. The number of aryl methyl sites for hydroxylation is 2. The minimum atomic E-state index is 0.545. The van der Waals surface area contributed by atoms with E-state index in [-0.39, 0.29) is 0 Å². The first-order valence-corrected chi connectivity index (χ1v) is 6.58. The number of nitrogens with zero attached hydrogens (tertiary/aromatic N) is 3. The first-order chi connectivity index (χ1) is 9.65. The van der Waals surface area contributed by atoms with Gasteiger partial charge in [-0.15, -0.1) is 0 Å². The van der Waals surface area contributed by atoms with Gasteiger partial charge in [0.15, 0.2) is 11.5 Å². The monoisotopic (exact) mass is 268 g/mol. The van der Waals surface area contributed by atoms with Crippen LogP contribution in [0.2, 0.25) is 0 Å². The fraction of sp³-hybridized carbons (Fsp3) is 0.267. The van der Waals surface area contributed by atoms with E-state index in [1.54, 1.807) is 0 Å². The fourth-order valence-corrected chi connectivity index (χ4v) is 2.22. The lowest BCUT2D eigenvalue weighted by Crippen LogP contribution is -2.07. The van der Waals surface area contributed by atoms with Crippen molar-refractivity contribution in [3.63, 3.8) is 0 Å². The molecule has 2 N–H and O–H groups in total. The molecule has 3 aromatic rings. The van der Waals surface area contributed by atoms with Crippen molar-refractivity contribution in [1.82, 2.24) is 15.0 Å². The maximum Gasteiger partial charge on any atom is 0.192 e. The van der Waals surface area contributed by atoms with Crippen molar-refractivity contribution in [2.45, 2.75) is 20.3 Å². The molecule has 0 amide bonds. The third kappa shape index (κ3) is 2.40. The summed E-state index contributed by atoms with van der Waals surface area (Å²) < 4.78 is 5.56. The van der Waals surface area contributed by atoms with Gasteiger partial charge < -0.3 is 10.2 Å². The van der Waals surface area contributed by atoms with Crippen LogP contribution in [0, 0.1) is 13.8 Å². The molecule has 0 aliphatic heterocycles. The van der Waals surface area contributed by atoms with Crippen molar-refractivity contribution in [3.05, 3.63) is 41.7 Å². The van der Waals surface area contributed by atoms with Crippen LogP contribution >= 0.6 is 0 Å². The average molecular weight is 268 g/mol. The molecule has 0 aliphatic rings. The third-order valence-electron chi connectivity index (χ3n) is 3.06. The van der Waals surface area contributed by atoms with Crippen LogP contribution in [0.1, 0.15) is 17.4 Å².